The number of amides is 1. The molecule has 8 nitrogen and oxygen atoms in total. The number of carbonyl (C=O) groups excluding carboxylic acids is 1. The van der Waals surface area contributed by atoms with Crippen molar-refractivity contribution in [3.63, 3.8) is 0 Å². The number of hydrogen-bond acceptors (Lipinski definition) is 7. The summed E-state index contributed by atoms with van der Waals surface area (Å²) in [6.07, 6.45) is 2.38. The maximum atomic E-state index is 11.5. The highest BCUT2D eigenvalue weighted by Crippen LogP contribution is 2.33. The van der Waals surface area contributed by atoms with Crippen LogP contribution in [-0.2, 0) is 4.79 Å². The van der Waals surface area contributed by atoms with Gasteiger partial charge in [0.15, 0.2) is 6.10 Å². The molecular formula is C24H23N5O3. The summed E-state index contributed by atoms with van der Waals surface area (Å²) in [5.41, 5.74) is 8.72. The second-order valence-corrected chi connectivity index (χ2v) is 7.38. The molecule has 2 heterocycles. The minimum atomic E-state index is -0.788. The molecule has 4 aromatic rings. The van der Waals surface area contributed by atoms with Crippen molar-refractivity contribution in [3.05, 3.63) is 72.3 Å². The van der Waals surface area contributed by atoms with Crippen LogP contribution in [0.15, 0.2) is 61.1 Å². The summed E-state index contributed by atoms with van der Waals surface area (Å²) in [5, 5.41) is 3.97. The smallest absolute Gasteiger partial charge is 0.258 e. The molecule has 2 aromatic heterocycles. The fourth-order valence-electron chi connectivity index (χ4n) is 3.14. The number of pyridine rings is 1. The van der Waals surface area contributed by atoms with Crippen LogP contribution >= 0.6 is 0 Å². The lowest BCUT2D eigenvalue weighted by molar-refractivity contribution is -0.123. The van der Waals surface area contributed by atoms with Gasteiger partial charge in [0.25, 0.3) is 5.91 Å². The number of fused-ring (bicyclic) bond motifs is 1. The molecule has 0 fully saturated rings. The normalized spacial score (nSPS) is 11.7. The van der Waals surface area contributed by atoms with Crippen molar-refractivity contribution in [3.8, 4) is 17.2 Å². The molecule has 0 unspecified atom stereocenters. The summed E-state index contributed by atoms with van der Waals surface area (Å²) >= 11 is 0. The van der Waals surface area contributed by atoms with Gasteiger partial charge in [0, 0.05) is 11.4 Å². The van der Waals surface area contributed by atoms with Crippen LogP contribution in [0.1, 0.15) is 18.2 Å². The second kappa shape index (κ2) is 8.89. The van der Waals surface area contributed by atoms with Crippen LogP contribution in [0, 0.1) is 13.8 Å². The number of anilines is 2. The number of nitrogens with two attached hydrogens (primary N) is 1. The van der Waals surface area contributed by atoms with Gasteiger partial charge < -0.3 is 20.5 Å². The monoisotopic (exact) mass is 429 g/mol. The van der Waals surface area contributed by atoms with Crippen molar-refractivity contribution >= 4 is 28.3 Å². The first-order chi connectivity index (χ1) is 15.4. The molecule has 8 heteroatoms. The third-order valence-corrected chi connectivity index (χ3v) is 4.88. The summed E-state index contributed by atoms with van der Waals surface area (Å²) in [4.78, 5) is 24.4. The Balaban J connectivity index is 1.62. The Hall–Kier alpha value is -4.20. The van der Waals surface area contributed by atoms with Crippen LogP contribution in [0.25, 0.3) is 10.9 Å². The van der Waals surface area contributed by atoms with Gasteiger partial charge in [0.1, 0.15) is 29.4 Å². The molecule has 0 aliphatic rings. The standard InChI is InChI=1S/C24H23N5O3/c1-14-11-17(8-10-20(14)32-18-9-7-15(2)26-12-18)29-24-22-19(27-13-28-24)5-4-6-21(22)31-16(3)23(25)30/h4-13,16H,1-3H3,(H2,25,30)(H,27,28,29)/t16-/m1/s1. The van der Waals surface area contributed by atoms with Crippen molar-refractivity contribution in [1.82, 2.24) is 15.0 Å². The zero-order valence-corrected chi connectivity index (χ0v) is 18.0. The van der Waals surface area contributed by atoms with Gasteiger partial charge in [0.05, 0.1) is 17.1 Å². The summed E-state index contributed by atoms with van der Waals surface area (Å²) < 4.78 is 11.7. The number of hydrogen-bond donors (Lipinski definition) is 2. The number of nitrogens with zero attached hydrogens (tertiary/aromatic N) is 3. The fourth-order valence-corrected chi connectivity index (χ4v) is 3.14. The topological polar surface area (TPSA) is 112 Å². The van der Waals surface area contributed by atoms with E-state index in [1.54, 1.807) is 25.3 Å². The Bertz CT molecular complexity index is 1270. The van der Waals surface area contributed by atoms with Gasteiger partial charge in [-0.1, -0.05) is 6.07 Å². The van der Waals surface area contributed by atoms with Crippen LogP contribution in [0.3, 0.4) is 0 Å². The lowest BCUT2D eigenvalue weighted by Gasteiger charge is -2.16. The molecule has 32 heavy (non-hydrogen) atoms. The van der Waals surface area contributed by atoms with E-state index < -0.39 is 12.0 Å². The van der Waals surface area contributed by atoms with Crippen molar-refractivity contribution in [1.29, 1.82) is 0 Å². The van der Waals surface area contributed by atoms with E-state index in [1.807, 2.05) is 50.2 Å². The predicted octanol–water partition coefficient (Wildman–Crippen LogP) is 4.43. The highest BCUT2D eigenvalue weighted by Gasteiger charge is 2.16. The molecule has 0 aliphatic heterocycles. The van der Waals surface area contributed by atoms with Gasteiger partial charge in [0.2, 0.25) is 0 Å². The molecule has 0 bridgehead atoms. The minimum Gasteiger partial charge on any atom is -0.480 e. The summed E-state index contributed by atoms with van der Waals surface area (Å²) in [6, 6.07) is 14.9. The highest BCUT2D eigenvalue weighted by molar-refractivity contribution is 5.96. The highest BCUT2D eigenvalue weighted by atomic mass is 16.5. The Morgan fingerprint density at radius 3 is 2.59 bits per heavy atom. The fraction of sp³-hybridized carbons (Fsp3) is 0.167. The Morgan fingerprint density at radius 2 is 1.88 bits per heavy atom. The first-order valence-corrected chi connectivity index (χ1v) is 10.1. The van der Waals surface area contributed by atoms with Crippen LogP contribution in [0.2, 0.25) is 0 Å². The van der Waals surface area contributed by atoms with Gasteiger partial charge >= 0.3 is 0 Å². The number of ether oxygens (including phenoxy) is 2. The van der Waals surface area contributed by atoms with Crippen LogP contribution in [0.5, 0.6) is 17.2 Å². The zero-order valence-electron chi connectivity index (χ0n) is 18.0. The van der Waals surface area contributed by atoms with Crippen LogP contribution in [-0.4, -0.2) is 27.0 Å². The maximum Gasteiger partial charge on any atom is 0.258 e. The first kappa shape index (κ1) is 21.0. The molecule has 0 saturated heterocycles. The number of nitrogens with one attached hydrogen (secondary N) is 1. The maximum absolute atomic E-state index is 11.5. The number of aromatic nitrogens is 3. The van der Waals surface area contributed by atoms with E-state index in [2.05, 4.69) is 20.3 Å². The Labute approximate surface area is 185 Å². The SMILES string of the molecule is Cc1ccc(Oc2ccc(Nc3ncnc4cccc(O[C@H](C)C(N)=O)c34)cc2C)cn1. The van der Waals surface area contributed by atoms with E-state index in [4.69, 9.17) is 15.2 Å². The molecule has 0 aliphatic carbocycles. The van der Waals surface area contributed by atoms with Crippen molar-refractivity contribution in [2.75, 3.05) is 5.32 Å². The molecular weight excluding hydrogens is 406 g/mol. The van der Waals surface area contributed by atoms with Crippen molar-refractivity contribution in [2.45, 2.75) is 26.9 Å². The van der Waals surface area contributed by atoms with E-state index in [1.165, 1.54) is 6.33 Å². The Kier molecular flexibility index (Phi) is 5.85. The first-order valence-electron chi connectivity index (χ1n) is 10.1. The third-order valence-electron chi connectivity index (χ3n) is 4.88. The largest absolute Gasteiger partial charge is 0.480 e. The molecule has 0 spiro atoms. The molecule has 3 N–H and O–H groups in total. The lowest BCUT2D eigenvalue weighted by atomic mass is 10.1. The van der Waals surface area contributed by atoms with E-state index in [-0.39, 0.29) is 0 Å². The average Bonchev–Trinajstić information content (AvgIpc) is 2.77. The number of primary amides is 1. The summed E-state index contributed by atoms with van der Waals surface area (Å²) in [5.74, 6) is 1.88. The van der Waals surface area contributed by atoms with Crippen LogP contribution < -0.4 is 20.5 Å². The van der Waals surface area contributed by atoms with E-state index in [9.17, 15) is 4.79 Å². The van der Waals surface area contributed by atoms with Gasteiger partial charge in [-0.25, -0.2) is 9.97 Å². The summed E-state index contributed by atoms with van der Waals surface area (Å²) in [7, 11) is 0. The molecule has 1 atom stereocenters. The molecule has 0 saturated carbocycles. The van der Waals surface area contributed by atoms with Crippen LogP contribution in [0.4, 0.5) is 11.5 Å². The molecule has 1 amide bonds. The van der Waals surface area contributed by atoms with Gasteiger partial charge in [-0.3, -0.25) is 9.78 Å². The molecule has 0 radical (unpaired) electrons. The number of carbonyl (C=O) groups is 1. The predicted molar refractivity (Wildman–Crippen MR) is 122 cm³/mol. The Morgan fingerprint density at radius 1 is 1.03 bits per heavy atom. The quantitative estimate of drug-likeness (QED) is 0.447. The lowest BCUT2D eigenvalue weighted by Crippen LogP contribution is -2.30. The van der Waals surface area contributed by atoms with Gasteiger partial charge in [-0.05, 0) is 68.8 Å². The third kappa shape index (κ3) is 4.59. The molecule has 162 valence electrons. The average molecular weight is 429 g/mol. The van der Waals surface area contributed by atoms with Gasteiger partial charge in [-0.15, -0.1) is 0 Å². The number of benzene rings is 2. The van der Waals surface area contributed by atoms with E-state index in [0.29, 0.717) is 28.2 Å². The van der Waals surface area contributed by atoms with E-state index >= 15 is 0 Å². The molecule has 4 rings (SSSR count). The number of rotatable bonds is 7. The number of aryl methyl sites for hydroxylation is 2. The summed E-state index contributed by atoms with van der Waals surface area (Å²) in [6.45, 7) is 5.49. The van der Waals surface area contributed by atoms with Crippen molar-refractivity contribution in [2.24, 2.45) is 5.73 Å². The molecule has 2 aromatic carbocycles. The minimum absolute atomic E-state index is 0.473. The zero-order chi connectivity index (χ0) is 22.7. The van der Waals surface area contributed by atoms with E-state index in [0.717, 1.165) is 22.7 Å². The second-order valence-electron chi connectivity index (χ2n) is 7.38. The van der Waals surface area contributed by atoms with Crippen molar-refractivity contribution < 1.29 is 14.3 Å². The van der Waals surface area contributed by atoms with Gasteiger partial charge in [-0.2, -0.15) is 0 Å².